The van der Waals surface area contributed by atoms with Gasteiger partial charge in [0.25, 0.3) is 0 Å². The Bertz CT molecular complexity index is 211. The van der Waals surface area contributed by atoms with Crippen LogP contribution in [0.2, 0.25) is 0 Å². The molecule has 2 heteroatoms. The number of nitrogens with zero attached hydrogens (tertiary/aromatic N) is 1. The topological polar surface area (TPSA) is 15.3 Å². The van der Waals surface area contributed by atoms with Gasteiger partial charge in [0.1, 0.15) is 0 Å². The van der Waals surface area contributed by atoms with E-state index in [9.17, 15) is 0 Å². The summed E-state index contributed by atoms with van der Waals surface area (Å²) in [6, 6.07) is 2.36. The van der Waals surface area contributed by atoms with Crippen molar-refractivity contribution in [2.75, 3.05) is 13.1 Å². The summed E-state index contributed by atoms with van der Waals surface area (Å²) >= 11 is 0. The molecule has 1 saturated carbocycles. The van der Waals surface area contributed by atoms with Gasteiger partial charge >= 0.3 is 0 Å². The van der Waals surface area contributed by atoms with E-state index in [0.29, 0.717) is 6.04 Å². The van der Waals surface area contributed by atoms with Crippen LogP contribution in [0.1, 0.15) is 52.9 Å². The van der Waals surface area contributed by atoms with E-state index in [1.54, 1.807) is 0 Å². The fourth-order valence-corrected chi connectivity index (χ4v) is 3.21. The van der Waals surface area contributed by atoms with E-state index >= 15 is 0 Å². The molecule has 0 aromatic heterocycles. The maximum Gasteiger partial charge on any atom is 0.0100 e. The zero-order chi connectivity index (χ0) is 11.5. The molecule has 2 rings (SSSR count). The molecule has 94 valence electrons. The molecule has 2 atom stereocenters. The molecule has 0 spiro atoms. The molecule has 0 radical (unpaired) electrons. The fraction of sp³-hybridized carbons (Fsp3) is 1.00. The third-order valence-electron chi connectivity index (χ3n) is 4.49. The van der Waals surface area contributed by atoms with Gasteiger partial charge in [-0.2, -0.15) is 0 Å². The summed E-state index contributed by atoms with van der Waals surface area (Å²) in [5.74, 6) is 0.980. The van der Waals surface area contributed by atoms with Crippen LogP contribution in [0.25, 0.3) is 0 Å². The summed E-state index contributed by atoms with van der Waals surface area (Å²) in [6.45, 7) is 9.66. The van der Waals surface area contributed by atoms with E-state index in [4.69, 9.17) is 0 Å². The van der Waals surface area contributed by atoms with Crippen LogP contribution in [0.5, 0.6) is 0 Å². The van der Waals surface area contributed by atoms with Gasteiger partial charge in [-0.25, -0.2) is 0 Å². The van der Waals surface area contributed by atoms with Crippen molar-refractivity contribution < 1.29 is 0 Å². The Kier molecular flexibility index (Phi) is 4.26. The van der Waals surface area contributed by atoms with Gasteiger partial charge in [0.05, 0.1) is 0 Å². The summed E-state index contributed by atoms with van der Waals surface area (Å²) in [4.78, 5) is 2.76. The van der Waals surface area contributed by atoms with Crippen LogP contribution in [0.3, 0.4) is 0 Å². The second kappa shape index (κ2) is 5.50. The Balaban J connectivity index is 1.84. The van der Waals surface area contributed by atoms with Crippen molar-refractivity contribution in [2.24, 2.45) is 5.92 Å². The highest BCUT2D eigenvalue weighted by Gasteiger charge is 2.31. The van der Waals surface area contributed by atoms with Crippen molar-refractivity contribution in [3.63, 3.8) is 0 Å². The van der Waals surface area contributed by atoms with E-state index in [-0.39, 0.29) is 0 Å². The maximum absolute atomic E-state index is 3.75. The van der Waals surface area contributed by atoms with Crippen LogP contribution in [0, 0.1) is 5.92 Å². The van der Waals surface area contributed by atoms with Crippen LogP contribution < -0.4 is 5.32 Å². The van der Waals surface area contributed by atoms with Gasteiger partial charge in [0.15, 0.2) is 0 Å². The summed E-state index contributed by atoms with van der Waals surface area (Å²) < 4.78 is 0. The molecule has 0 aromatic rings. The predicted octanol–water partition coefficient (Wildman–Crippen LogP) is 2.64. The number of hydrogen-bond donors (Lipinski definition) is 1. The van der Waals surface area contributed by atoms with Gasteiger partial charge in [-0.15, -0.1) is 0 Å². The van der Waals surface area contributed by atoms with Gasteiger partial charge in [-0.3, -0.25) is 0 Å². The molecule has 2 fully saturated rings. The van der Waals surface area contributed by atoms with Crippen molar-refractivity contribution in [1.29, 1.82) is 0 Å². The Labute approximate surface area is 101 Å². The number of nitrogens with one attached hydrogen (secondary N) is 1. The summed E-state index contributed by atoms with van der Waals surface area (Å²) in [5, 5.41) is 3.75. The van der Waals surface area contributed by atoms with Crippen molar-refractivity contribution in [3.05, 3.63) is 0 Å². The number of rotatable bonds is 2. The molecular formula is C14H28N2. The standard InChI is InChI=1S/C14H28N2/c1-4-13-6-8-16(7-5-12(3)15-13)14-9-11(2)10-14/h11-15H,4-10H2,1-3H3. The molecule has 0 bridgehead atoms. The normalized spacial score (nSPS) is 42.2. The second-order valence-electron chi connectivity index (χ2n) is 6.02. The van der Waals surface area contributed by atoms with Gasteiger partial charge in [0.2, 0.25) is 0 Å². The monoisotopic (exact) mass is 224 g/mol. The molecule has 1 aliphatic carbocycles. The third-order valence-corrected chi connectivity index (χ3v) is 4.49. The summed E-state index contributed by atoms with van der Waals surface area (Å²) in [7, 11) is 0. The molecule has 1 N–H and O–H groups in total. The highest BCUT2D eigenvalue weighted by molar-refractivity contribution is 4.87. The zero-order valence-electron chi connectivity index (χ0n) is 11.2. The first-order valence-electron chi connectivity index (χ1n) is 7.19. The SMILES string of the molecule is CCC1CCN(C2CC(C)C2)CCC(C)N1. The summed E-state index contributed by atoms with van der Waals surface area (Å²) in [6.07, 6.45) is 6.82. The first-order chi connectivity index (χ1) is 7.69. The van der Waals surface area contributed by atoms with E-state index in [0.717, 1.165) is 18.0 Å². The predicted molar refractivity (Wildman–Crippen MR) is 69.7 cm³/mol. The molecule has 1 saturated heterocycles. The van der Waals surface area contributed by atoms with Crippen LogP contribution in [-0.4, -0.2) is 36.1 Å². The van der Waals surface area contributed by atoms with Gasteiger partial charge in [0, 0.05) is 18.1 Å². The minimum atomic E-state index is 0.699. The number of hydrogen-bond acceptors (Lipinski definition) is 2. The largest absolute Gasteiger partial charge is 0.311 e. The Morgan fingerprint density at radius 3 is 2.44 bits per heavy atom. The lowest BCUT2D eigenvalue weighted by molar-refractivity contribution is 0.0708. The molecule has 2 nitrogen and oxygen atoms in total. The molecule has 0 aromatic carbocycles. The quantitative estimate of drug-likeness (QED) is 0.776. The van der Waals surface area contributed by atoms with E-state index in [1.807, 2.05) is 0 Å². The van der Waals surface area contributed by atoms with E-state index in [1.165, 1.54) is 45.2 Å². The first kappa shape index (κ1) is 12.4. The Hall–Kier alpha value is -0.0800. The Morgan fingerprint density at radius 2 is 1.81 bits per heavy atom. The van der Waals surface area contributed by atoms with Crippen LogP contribution in [0.4, 0.5) is 0 Å². The Morgan fingerprint density at radius 1 is 1.12 bits per heavy atom. The fourth-order valence-electron chi connectivity index (χ4n) is 3.21. The molecule has 0 amide bonds. The van der Waals surface area contributed by atoms with Crippen LogP contribution in [-0.2, 0) is 0 Å². The lowest BCUT2D eigenvalue weighted by atomic mass is 9.80. The van der Waals surface area contributed by atoms with Gasteiger partial charge in [-0.1, -0.05) is 13.8 Å². The van der Waals surface area contributed by atoms with Crippen molar-refractivity contribution >= 4 is 0 Å². The van der Waals surface area contributed by atoms with Gasteiger partial charge in [-0.05, 0) is 58.0 Å². The lowest BCUT2D eigenvalue weighted by Crippen LogP contribution is -2.50. The molecule has 1 aliphatic heterocycles. The molecule has 1 heterocycles. The zero-order valence-corrected chi connectivity index (χ0v) is 11.2. The molecular weight excluding hydrogens is 196 g/mol. The first-order valence-corrected chi connectivity index (χ1v) is 7.19. The van der Waals surface area contributed by atoms with E-state index < -0.39 is 0 Å². The van der Waals surface area contributed by atoms with Crippen molar-refractivity contribution in [3.8, 4) is 0 Å². The molecule has 2 aliphatic rings. The highest BCUT2D eigenvalue weighted by atomic mass is 15.2. The smallest absolute Gasteiger partial charge is 0.0100 e. The average molecular weight is 224 g/mol. The van der Waals surface area contributed by atoms with E-state index in [2.05, 4.69) is 31.0 Å². The van der Waals surface area contributed by atoms with Crippen LogP contribution >= 0.6 is 0 Å². The molecule has 16 heavy (non-hydrogen) atoms. The highest BCUT2D eigenvalue weighted by Crippen LogP contribution is 2.31. The average Bonchev–Trinajstić information content (AvgIpc) is 2.20. The summed E-state index contributed by atoms with van der Waals surface area (Å²) in [5.41, 5.74) is 0. The van der Waals surface area contributed by atoms with Crippen molar-refractivity contribution in [2.45, 2.75) is 71.0 Å². The van der Waals surface area contributed by atoms with Crippen molar-refractivity contribution in [1.82, 2.24) is 10.2 Å². The molecule has 2 unspecified atom stereocenters. The minimum absolute atomic E-state index is 0.699. The lowest BCUT2D eigenvalue weighted by Gasteiger charge is -2.44. The minimum Gasteiger partial charge on any atom is -0.311 e. The van der Waals surface area contributed by atoms with Crippen LogP contribution in [0.15, 0.2) is 0 Å². The third kappa shape index (κ3) is 2.98. The van der Waals surface area contributed by atoms with Gasteiger partial charge < -0.3 is 10.2 Å². The maximum atomic E-state index is 3.75. The second-order valence-corrected chi connectivity index (χ2v) is 6.02.